The number of rotatable bonds is 3. The van der Waals surface area contributed by atoms with Gasteiger partial charge in [0.1, 0.15) is 11.5 Å². The van der Waals surface area contributed by atoms with Crippen LogP contribution in [-0.4, -0.2) is 32.8 Å². The van der Waals surface area contributed by atoms with Gasteiger partial charge in [0.15, 0.2) is 0 Å². The number of carbonyl (C=O) groups excluding carboxylic acids is 2. The SMILES string of the molecule is Cc1ccc(C(C)(C)C)cc1/C(O)=C1\C(=O)C(=O)N(C2CCCCC2)C1c1ccc(O)cc1. The van der Waals surface area contributed by atoms with Gasteiger partial charge in [-0.1, -0.05) is 64.3 Å². The molecule has 2 aromatic carbocycles. The summed E-state index contributed by atoms with van der Waals surface area (Å²) in [4.78, 5) is 28.3. The smallest absolute Gasteiger partial charge is 0.295 e. The van der Waals surface area contributed by atoms with Crippen LogP contribution in [0.4, 0.5) is 0 Å². The highest BCUT2D eigenvalue weighted by molar-refractivity contribution is 6.46. The molecular formula is C28H33NO4. The Balaban J connectivity index is 1.91. The van der Waals surface area contributed by atoms with Crippen molar-refractivity contribution in [3.8, 4) is 5.75 Å². The van der Waals surface area contributed by atoms with Gasteiger partial charge in [0.2, 0.25) is 0 Å². The number of likely N-dealkylation sites (tertiary alicyclic amines) is 1. The van der Waals surface area contributed by atoms with E-state index in [0.717, 1.165) is 43.2 Å². The van der Waals surface area contributed by atoms with E-state index in [1.807, 2.05) is 25.1 Å². The number of hydrogen-bond acceptors (Lipinski definition) is 4. The summed E-state index contributed by atoms with van der Waals surface area (Å²) in [7, 11) is 0. The largest absolute Gasteiger partial charge is 0.508 e. The number of aliphatic hydroxyl groups is 1. The first-order chi connectivity index (χ1) is 15.6. The zero-order valence-electron chi connectivity index (χ0n) is 19.9. The lowest BCUT2D eigenvalue weighted by atomic mass is 9.84. The van der Waals surface area contributed by atoms with Crippen LogP contribution in [0.1, 0.15) is 81.2 Å². The van der Waals surface area contributed by atoms with Crippen molar-refractivity contribution in [2.24, 2.45) is 0 Å². The first-order valence-corrected chi connectivity index (χ1v) is 11.8. The van der Waals surface area contributed by atoms with Crippen molar-refractivity contribution in [2.75, 3.05) is 0 Å². The predicted octanol–water partition coefficient (Wildman–Crippen LogP) is 5.75. The number of amides is 1. The van der Waals surface area contributed by atoms with Gasteiger partial charge in [-0.15, -0.1) is 0 Å². The molecule has 1 unspecified atom stereocenters. The molecular weight excluding hydrogens is 414 g/mol. The van der Waals surface area contributed by atoms with E-state index in [1.54, 1.807) is 29.2 Å². The molecule has 0 bridgehead atoms. The summed E-state index contributed by atoms with van der Waals surface area (Å²) in [5.41, 5.74) is 3.17. The van der Waals surface area contributed by atoms with Gasteiger partial charge < -0.3 is 15.1 Å². The molecule has 5 nitrogen and oxygen atoms in total. The van der Waals surface area contributed by atoms with Crippen LogP contribution in [0.15, 0.2) is 48.0 Å². The number of Topliss-reactive ketones (excluding diaryl/α,β-unsaturated/α-hetero) is 1. The molecule has 1 aliphatic carbocycles. The van der Waals surface area contributed by atoms with E-state index in [9.17, 15) is 19.8 Å². The Bertz CT molecular complexity index is 1100. The topological polar surface area (TPSA) is 77.8 Å². The van der Waals surface area contributed by atoms with E-state index >= 15 is 0 Å². The third-order valence-electron chi connectivity index (χ3n) is 7.02. The number of aryl methyl sites for hydroxylation is 1. The number of ketones is 1. The monoisotopic (exact) mass is 447 g/mol. The molecule has 33 heavy (non-hydrogen) atoms. The molecule has 0 spiro atoms. The summed E-state index contributed by atoms with van der Waals surface area (Å²) in [6.07, 6.45) is 4.86. The number of phenols is 1. The molecule has 4 rings (SSSR count). The van der Waals surface area contributed by atoms with E-state index in [-0.39, 0.29) is 28.5 Å². The molecule has 1 amide bonds. The number of hydrogen-bond donors (Lipinski definition) is 2. The fourth-order valence-corrected chi connectivity index (χ4v) is 5.06. The van der Waals surface area contributed by atoms with Crippen LogP contribution in [0, 0.1) is 6.92 Å². The van der Waals surface area contributed by atoms with Gasteiger partial charge in [-0.05, 0) is 60.1 Å². The molecule has 0 radical (unpaired) electrons. The van der Waals surface area contributed by atoms with Crippen LogP contribution in [0.5, 0.6) is 5.75 Å². The van der Waals surface area contributed by atoms with E-state index < -0.39 is 17.7 Å². The van der Waals surface area contributed by atoms with Crippen molar-refractivity contribution < 1.29 is 19.8 Å². The second kappa shape index (κ2) is 8.69. The summed E-state index contributed by atoms with van der Waals surface area (Å²) in [5, 5.41) is 21.3. The maximum absolute atomic E-state index is 13.4. The summed E-state index contributed by atoms with van der Waals surface area (Å²) in [6.45, 7) is 8.19. The molecule has 1 heterocycles. The van der Waals surface area contributed by atoms with Crippen LogP contribution < -0.4 is 0 Å². The van der Waals surface area contributed by atoms with Crippen LogP contribution >= 0.6 is 0 Å². The van der Waals surface area contributed by atoms with Crippen molar-refractivity contribution in [3.63, 3.8) is 0 Å². The Hall–Kier alpha value is -3.08. The number of aliphatic hydroxyl groups excluding tert-OH is 1. The maximum Gasteiger partial charge on any atom is 0.295 e. The highest BCUT2D eigenvalue weighted by atomic mass is 16.3. The summed E-state index contributed by atoms with van der Waals surface area (Å²) < 4.78 is 0. The predicted molar refractivity (Wildman–Crippen MR) is 129 cm³/mol. The van der Waals surface area contributed by atoms with Crippen LogP contribution in [0.25, 0.3) is 5.76 Å². The summed E-state index contributed by atoms with van der Waals surface area (Å²) >= 11 is 0. The second-order valence-electron chi connectivity index (χ2n) is 10.4. The summed E-state index contributed by atoms with van der Waals surface area (Å²) in [6, 6.07) is 11.8. The van der Waals surface area contributed by atoms with Crippen molar-refractivity contribution in [1.82, 2.24) is 4.90 Å². The van der Waals surface area contributed by atoms with Gasteiger partial charge in [0.05, 0.1) is 11.6 Å². The molecule has 2 aliphatic rings. The van der Waals surface area contributed by atoms with E-state index in [1.165, 1.54) is 0 Å². The Morgan fingerprint density at radius 1 is 0.970 bits per heavy atom. The zero-order valence-corrected chi connectivity index (χ0v) is 19.9. The Labute approximate surface area is 195 Å². The second-order valence-corrected chi connectivity index (χ2v) is 10.4. The quantitative estimate of drug-likeness (QED) is 0.357. The first-order valence-electron chi connectivity index (χ1n) is 11.8. The van der Waals surface area contributed by atoms with Gasteiger partial charge in [-0.25, -0.2) is 0 Å². The number of nitrogens with zero attached hydrogens (tertiary/aromatic N) is 1. The van der Waals surface area contributed by atoms with Gasteiger partial charge in [-0.3, -0.25) is 9.59 Å². The van der Waals surface area contributed by atoms with Gasteiger partial charge in [0.25, 0.3) is 11.7 Å². The van der Waals surface area contributed by atoms with Crippen LogP contribution in [-0.2, 0) is 15.0 Å². The molecule has 1 atom stereocenters. The van der Waals surface area contributed by atoms with Crippen molar-refractivity contribution in [3.05, 3.63) is 70.3 Å². The van der Waals surface area contributed by atoms with Gasteiger partial charge >= 0.3 is 0 Å². The number of benzene rings is 2. The molecule has 5 heteroatoms. The molecule has 174 valence electrons. The van der Waals surface area contributed by atoms with Crippen molar-refractivity contribution in [2.45, 2.75) is 77.3 Å². The number of aromatic hydroxyl groups is 1. The third kappa shape index (κ3) is 4.29. The molecule has 1 aliphatic heterocycles. The first kappa shape index (κ1) is 23.1. The fraction of sp³-hybridized carbons (Fsp3) is 0.429. The number of carbonyl (C=O) groups is 2. The molecule has 2 aromatic rings. The van der Waals surface area contributed by atoms with Gasteiger partial charge in [-0.2, -0.15) is 0 Å². The Morgan fingerprint density at radius 2 is 1.61 bits per heavy atom. The molecule has 2 fully saturated rings. The van der Waals surface area contributed by atoms with Crippen molar-refractivity contribution >= 4 is 17.4 Å². The standard InChI is InChI=1S/C28H33NO4/c1-17-10-13-19(28(2,3)4)16-22(17)25(31)23-24(18-11-14-21(30)15-12-18)29(27(33)26(23)32)20-8-6-5-7-9-20/h10-16,20,24,30-31H,5-9H2,1-4H3/b25-23+. The minimum Gasteiger partial charge on any atom is -0.508 e. The Kier molecular flexibility index (Phi) is 6.08. The molecule has 0 aromatic heterocycles. The minimum atomic E-state index is -0.675. The fourth-order valence-electron chi connectivity index (χ4n) is 5.06. The Morgan fingerprint density at radius 3 is 2.21 bits per heavy atom. The average molecular weight is 448 g/mol. The molecule has 1 saturated carbocycles. The average Bonchev–Trinajstić information content (AvgIpc) is 3.04. The lowest BCUT2D eigenvalue weighted by molar-refractivity contribution is -0.141. The zero-order chi connectivity index (χ0) is 23.9. The maximum atomic E-state index is 13.4. The van der Waals surface area contributed by atoms with E-state index in [2.05, 4.69) is 20.8 Å². The molecule has 1 saturated heterocycles. The lowest BCUT2D eigenvalue weighted by Crippen LogP contribution is -2.40. The summed E-state index contributed by atoms with van der Waals surface area (Å²) in [5.74, 6) is -1.21. The highest BCUT2D eigenvalue weighted by Crippen LogP contribution is 2.44. The van der Waals surface area contributed by atoms with E-state index in [0.29, 0.717) is 11.1 Å². The number of phenolic OH excluding ortho intramolecular Hbond substituents is 1. The normalized spacial score (nSPS) is 21.6. The van der Waals surface area contributed by atoms with Gasteiger partial charge in [0, 0.05) is 11.6 Å². The van der Waals surface area contributed by atoms with E-state index in [4.69, 9.17) is 0 Å². The minimum absolute atomic E-state index is 0.0405. The highest BCUT2D eigenvalue weighted by Gasteiger charge is 2.49. The van der Waals surface area contributed by atoms with Crippen LogP contribution in [0.3, 0.4) is 0 Å². The van der Waals surface area contributed by atoms with Crippen molar-refractivity contribution in [1.29, 1.82) is 0 Å². The third-order valence-corrected chi connectivity index (χ3v) is 7.02. The van der Waals surface area contributed by atoms with Crippen LogP contribution in [0.2, 0.25) is 0 Å². The molecule has 2 N–H and O–H groups in total. The lowest BCUT2D eigenvalue weighted by Gasteiger charge is -2.35.